The number of amides is 1. The normalized spacial score (nSPS) is 19.7. The monoisotopic (exact) mass is 354 g/mol. The third-order valence-electron chi connectivity index (χ3n) is 5.12. The number of hydrogen-bond acceptors (Lipinski definition) is 3. The van der Waals surface area contributed by atoms with Crippen molar-refractivity contribution in [3.05, 3.63) is 70.4 Å². The van der Waals surface area contributed by atoms with Crippen LogP contribution in [-0.4, -0.2) is 5.91 Å². The van der Waals surface area contributed by atoms with Gasteiger partial charge < -0.3 is 5.32 Å². The zero-order chi connectivity index (χ0) is 18.4. The molecular weight excluding hydrogens is 331 g/mol. The van der Waals surface area contributed by atoms with Gasteiger partial charge in [0.25, 0.3) is 0 Å². The second-order valence-corrected chi connectivity index (χ2v) is 7.01. The molecule has 0 atom stereocenters. The van der Waals surface area contributed by atoms with Crippen LogP contribution in [0.3, 0.4) is 0 Å². The van der Waals surface area contributed by atoms with Gasteiger partial charge in [-0.1, -0.05) is 29.4 Å². The molecule has 5 heteroatoms. The first-order valence-corrected chi connectivity index (χ1v) is 9.07. The summed E-state index contributed by atoms with van der Waals surface area (Å²) in [5, 5.41) is 5.80. The van der Waals surface area contributed by atoms with E-state index in [2.05, 4.69) is 22.6 Å². The molecule has 0 bridgehead atoms. The molecule has 0 spiro atoms. The Labute approximate surface area is 152 Å². The molecule has 0 unspecified atom stereocenters. The van der Waals surface area contributed by atoms with Gasteiger partial charge in [0.2, 0.25) is 5.91 Å². The van der Waals surface area contributed by atoms with Crippen LogP contribution in [-0.2, 0) is 11.3 Å². The van der Waals surface area contributed by atoms with Crippen LogP contribution in [0.4, 0.5) is 10.1 Å². The van der Waals surface area contributed by atoms with E-state index in [9.17, 15) is 14.1 Å². The van der Waals surface area contributed by atoms with Crippen LogP contribution in [0.15, 0.2) is 53.7 Å². The van der Waals surface area contributed by atoms with Gasteiger partial charge in [-0.25, -0.2) is 4.39 Å². The van der Waals surface area contributed by atoms with Crippen LogP contribution in [0.25, 0.3) is 0 Å². The minimum Gasteiger partial charge on any atom is -0.326 e. The van der Waals surface area contributed by atoms with Crippen LogP contribution < -0.4 is 5.32 Å². The summed E-state index contributed by atoms with van der Waals surface area (Å²) in [7, 11) is 0. The molecule has 26 heavy (non-hydrogen) atoms. The lowest BCUT2D eigenvalue weighted by atomic mass is 9.77. The van der Waals surface area contributed by atoms with Gasteiger partial charge in [0.15, 0.2) is 0 Å². The Balaban J connectivity index is 1.49. The Hall–Kier alpha value is -2.56. The highest BCUT2D eigenvalue weighted by Gasteiger charge is 2.24. The number of rotatable bonds is 6. The first kappa shape index (κ1) is 18.2. The number of hydrogen-bond donors (Lipinski definition) is 1. The molecule has 136 valence electrons. The van der Waals surface area contributed by atoms with Crippen molar-refractivity contribution >= 4 is 11.6 Å². The van der Waals surface area contributed by atoms with E-state index in [1.165, 1.54) is 17.7 Å². The second kappa shape index (κ2) is 8.70. The number of halogens is 1. The minimum atomic E-state index is -0.311. The van der Waals surface area contributed by atoms with Crippen molar-refractivity contribution in [1.29, 1.82) is 0 Å². The van der Waals surface area contributed by atoms with Gasteiger partial charge in [-0.15, -0.1) is 0 Å². The summed E-state index contributed by atoms with van der Waals surface area (Å²) in [6.45, 7) is 0.215. The number of benzene rings is 2. The fourth-order valence-corrected chi connectivity index (χ4v) is 3.73. The number of carbonyl (C=O) groups excluding carboxylic acids is 1. The van der Waals surface area contributed by atoms with E-state index in [4.69, 9.17) is 0 Å². The Bertz CT molecular complexity index is 753. The average Bonchev–Trinajstić information content (AvgIpc) is 2.65. The van der Waals surface area contributed by atoms with Gasteiger partial charge in [0.1, 0.15) is 12.4 Å². The fraction of sp³-hybridized carbons (Fsp3) is 0.381. The number of nitroso groups, excluding NO2 is 1. The smallest absolute Gasteiger partial charge is 0.224 e. The fourth-order valence-electron chi connectivity index (χ4n) is 3.73. The Kier molecular flexibility index (Phi) is 6.10. The Morgan fingerprint density at radius 1 is 1.08 bits per heavy atom. The maximum atomic E-state index is 12.9. The topological polar surface area (TPSA) is 58.5 Å². The van der Waals surface area contributed by atoms with Crippen molar-refractivity contribution in [3.63, 3.8) is 0 Å². The van der Waals surface area contributed by atoms with Crippen molar-refractivity contribution in [3.8, 4) is 0 Å². The lowest BCUT2D eigenvalue weighted by molar-refractivity contribution is -0.117. The molecule has 1 amide bonds. The molecule has 0 radical (unpaired) electrons. The van der Waals surface area contributed by atoms with Crippen LogP contribution in [0.1, 0.15) is 49.1 Å². The van der Waals surface area contributed by atoms with E-state index >= 15 is 0 Å². The number of nitrogens with zero attached hydrogens (tertiary/aromatic N) is 1. The van der Waals surface area contributed by atoms with Crippen molar-refractivity contribution in [2.75, 3.05) is 5.32 Å². The highest BCUT2D eigenvalue weighted by Crippen LogP contribution is 2.37. The minimum absolute atomic E-state index is 0.0147. The summed E-state index contributed by atoms with van der Waals surface area (Å²) in [6.07, 6.45) is 4.62. The molecule has 1 N–H and O–H groups in total. The molecule has 2 aromatic rings. The van der Waals surface area contributed by atoms with E-state index < -0.39 is 0 Å². The van der Waals surface area contributed by atoms with E-state index in [0.29, 0.717) is 23.9 Å². The molecule has 1 saturated carbocycles. The molecule has 0 heterocycles. The van der Waals surface area contributed by atoms with Gasteiger partial charge in [-0.05, 0) is 72.9 Å². The SMILES string of the molecule is O=NCc1cccc([C@H]2CC[C@@H](CC(=O)Nc3ccc(F)cc3)CC2)c1. The number of anilines is 1. The lowest BCUT2D eigenvalue weighted by Crippen LogP contribution is -2.20. The van der Waals surface area contributed by atoms with Gasteiger partial charge in [-0.2, -0.15) is 4.91 Å². The summed E-state index contributed by atoms with van der Waals surface area (Å²) < 4.78 is 12.9. The zero-order valence-electron chi connectivity index (χ0n) is 14.7. The molecule has 1 fully saturated rings. The molecule has 0 saturated heterocycles. The lowest BCUT2D eigenvalue weighted by Gasteiger charge is -2.28. The maximum absolute atomic E-state index is 12.9. The summed E-state index contributed by atoms with van der Waals surface area (Å²) in [4.78, 5) is 22.6. The number of nitrogens with one attached hydrogen (secondary N) is 1. The summed E-state index contributed by atoms with van der Waals surface area (Å²) in [5.41, 5.74) is 2.85. The number of carbonyl (C=O) groups is 1. The third-order valence-corrected chi connectivity index (χ3v) is 5.12. The quantitative estimate of drug-likeness (QED) is 0.707. The molecule has 4 nitrogen and oxygen atoms in total. The predicted octanol–water partition coefficient (Wildman–Crippen LogP) is 5.39. The van der Waals surface area contributed by atoms with Crippen molar-refractivity contribution in [2.24, 2.45) is 11.1 Å². The van der Waals surface area contributed by atoms with Gasteiger partial charge in [-0.3, -0.25) is 4.79 Å². The molecular formula is C21H23FN2O2. The van der Waals surface area contributed by atoms with E-state index in [1.54, 1.807) is 12.1 Å². The van der Waals surface area contributed by atoms with Crippen LogP contribution in [0.5, 0.6) is 0 Å². The van der Waals surface area contributed by atoms with E-state index in [-0.39, 0.29) is 18.3 Å². The first-order chi connectivity index (χ1) is 12.6. The molecule has 0 aliphatic heterocycles. The third kappa shape index (κ3) is 4.97. The highest BCUT2D eigenvalue weighted by atomic mass is 19.1. The Morgan fingerprint density at radius 3 is 2.50 bits per heavy atom. The van der Waals surface area contributed by atoms with Crippen molar-refractivity contribution < 1.29 is 9.18 Å². The van der Waals surface area contributed by atoms with Crippen LogP contribution in [0, 0.1) is 16.6 Å². The zero-order valence-corrected chi connectivity index (χ0v) is 14.7. The largest absolute Gasteiger partial charge is 0.326 e. The molecule has 1 aliphatic rings. The average molecular weight is 354 g/mol. The van der Waals surface area contributed by atoms with Crippen molar-refractivity contribution in [1.82, 2.24) is 0 Å². The van der Waals surface area contributed by atoms with Gasteiger partial charge in [0, 0.05) is 12.1 Å². The molecule has 1 aliphatic carbocycles. The van der Waals surface area contributed by atoms with Crippen LogP contribution in [0.2, 0.25) is 0 Å². The summed E-state index contributed by atoms with van der Waals surface area (Å²) in [5.74, 6) is 0.540. The summed E-state index contributed by atoms with van der Waals surface area (Å²) >= 11 is 0. The molecule has 0 aromatic heterocycles. The van der Waals surface area contributed by atoms with Crippen LogP contribution >= 0.6 is 0 Å². The standard InChI is InChI=1S/C21H23FN2O2/c22-19-8-10-20(11-9-19)24-21(25)13-15-4-6-17(7-5-15)18-3-1-2-16(12-18)14-23-26/h1-3,8-12,15,17H,4-7,13-14H2,(H,24,25)/t15-,17+. The molecule has 3 rings (SSSR count). The highest BCUT2D eigenvalue weighted by molar-refractivity contribution is 5.90. The van der Waals surface area contributed by atoms with Crippen molar-refractivity contribution in [2.45, 2.75) is 44.6 Å². The maximum Gasteiger partial charge on any atom is 0.224 e. The van der Waals surface area contributed by atoms with E-state index in [0.717, 1.165) is 31.2 Å². The van der Waals surface area contributed by atoms with Gasteiger partial charge in [0.05, 0.1) is 0 Å². The first-order valence-electron chi connectivity index (χ1n) is 9.07. The van der Waals surface area contributed by atoms with E-state index in [1.807, 2.05) is 12.1 Å². The second-order valence-electron chi connectivity index (χ2n) is 7.01. The summed E-state index contributed by atoms with van der Waals surface area (Å²) in [6, 6.07) is 13.9. The Morgan fingerprint density at radius 2 is 1.81 bits per heavy atom. The predicted molar refractivity (Wildman–Crippen MR) is 100 cm³/mol. The molecule has 2 aromatic carbocycles. The van der Waals surface area contributed by atoms with Gasteiger partial charge >= 0.3 is 0 Å².